The molecule has 2 aromatic carbocycles. The summed E-state index contributed by atoms with van der Waals surface area (Å²) < 4.78 is 12.0. The van der Waals surface area contributed by atoms with Crippen LogP contribution in [0.15, 0.2) is 42.5 Å². The fourth-order valence-electron chi connectivity index (χ4n) is 4.43. The summed E-state index contributed by atoms with van der Waals surface area (Å²) in [6.07, 6.45) is 1.25. The highest BCUT2D eigenvalue weighted by Gasteiger charge is 2.27. The summed E-state index contributed by atoms with van der Waals surface area (Å²) in [5, 5.41) is 5.10. The fraction of sp³-hybridized carbons (Fsp3) is 0.280. The van der Waals surface area contributed by atoms with Crippen LogP contribution in [0, 0.1) is 0 Å². The zero-order valence-corrected chi connectivity index (χ0v) is 21.1. The van der Waals surface area contributed by atoms with Crippen molar-refractivity contribution in [3.05, 3.63) is 58.5 Å². The van der Waals surface area contributed by atoms with E-state index in [9.17, 15) is 4.79 Å². The fourth-order valence-corrected chi connectivity index (χ4v) is 6.84. The van der Waals surface area contributed by atoms with E-state index in [1.165, 1.54) is 10.4 Å². The van der Waals surface area contributed by atoms with Crippen LogP contribution in [0.2, 0.25) is 0 Å². The zero-order valence-electron chi connectivity index (χ0n) is 18.6. The van der Waals surface area contributed by atoms with Crippen LogP contribution in [0.4, 0.5) is 5.00 Å². The van der Waals surface area contributed by atoms with Gasteiger partial charge in [-0.2, -0.15) is 0 Å². The quantitative estimate of drug-likeness (QED) is 0.369. The summed E-state index contributed by atoms with van der Waals surface area (Å²) in [6, 6.07) is 13.9. The molecule has 0 unspecified atom stereocenters. The van der Waals surface area contributed by atoms with Gasteiger partial charge in [0.1, 0.15) is 10.0 Å². The average molecular weight is 514 g/mol. The van der Waals surface area contributed by atoms with E-state index < -0.39 is 0 Å². The number of hydrogen-bond acceptors (Lipinski definition) is 7. The van der Waals surface area contributed by atoms with Gasteiger partial charge in [-0.15, -0.1) is 35.1 Å². The van der Waals surface area contributed by atoms with Crippen LogP contribution in [0.25, 0.3) is 20.8 Å². The molecule has 0 bridgehead atoms. The standard InChI is InChI=1S/C25H23N3O3S2.ClH/c1-2-28-10-9-16-21(13-28)33-25(23(16)24-26-17-5-3-4-6-20(17)32-24)27-22(29)12-15-7-8-18-19(11-15)31-14-30-18;/h3-8,11H,2,9-10,12-14H2,1H3,(H,27,29);1H. The normalized spacial score (nSPS) is 14.6. The Labute approximate surface area is 211 Å². The molecule has 0 fully saturated rings. The first-order chi connectivity index (χ1) is 16.2. The molecule has 34 heavy (non-hydrogen) atoms. The number of anilines is 1. The number of thiazole rings is 1. The number of benzene rings is 2. The second-order valence-corrected chi connectivity index (χ2v) is 10.4. The summed E-state index contributed by atoms with van der Waals surface area (Å²) in [5.41, 5.74) is 4.34. The lowest BCUT2D eigenvalue weighted by atomic mass is 10.0. The lowest BCUT2D eigenvalue weighted by molar-refractivity contribution is -0.115. The van der Waals surface area contributed by atoms with E-state index in [4.69, 9.17) is 14.5 Å². The molecular weight excluding hydrogens is 490 g/mol. The highest BCUT2D eigenvalue weighted by atomic mass is 35.5. The van der Waals surface area contributed by atoms with Crippen molar-refractivity contribution in [2.75, 3.05) is 25.2 Å². The van der Waals surface area contributed by atoms with Crippen molar-refractivity contribution in [3.8, 4) is 22.1 Å². The first-order valence-corrected chi connectivity index (χ1v) is 12.7. The Balaban J connectivity index is 0.00000241. The number of carbonyl (C=O) groups is 1. The van der Waals surface area contributed by atoms with Gasteiger partial charge in [0.25, 0.3) is 0 Å². The summed E-state index contributed by atoms with van der Waals surface area (Å²) in [4.78, 5) is 21.8. The van der Waals surface area contributed by atoms with Crippen LogP contribution >= 0.6 is 35.1 Å². The van der Waals surface area contributed by atoms with Crippen molar-refractivity contribution in [1.29, 1.82) is 0 Å². The van der Waals surface area contributed by atoms with E-state index in [2.05, 4.69) is 23.2 Å². The first kappa shape index (κ1) is 23.1. The summed E-state index contributed by atoms with van der Waals surface area (Å²) in [7, 11) is 0. The number of nitrogens with one attached hydrogen (secondary N) is 1. The molecule has 0 saturated heterocycles. The van der Waals surface area contributed by atoms with Gasteiger partial charge in [0.05, 0.1) is 16.6 Å². The third-order valence-electron chi connectivity index (χ3n) is 6.15. The molecule has 9 heteroatoms. The number of halogens is 1. The molecule has 176 valence electrons. The number of fused-ring (bicyclic) bond motifs is 3. The van der Waals surface area contributed by atoms with Gasteiger partial charge in [-0.1, -0.05) is 25.1 Å². The van der Waals surface area contributed by atoms with Crippen LogP contribution in [0.1, 0.15) is 22.9 Å². The molecule has 6 nitrogen and oxygen atoms in total. The first-order valence-electron chi connectivity index (χ1n) is 11.1. The highest BCUT2D eigenvalue weighted by Crippen LogP contribution is 2.45. The molecule has 2 aliphatic rings. The minimum absolute atomic E-state index is 0. The Morgan fingerprint density at radius 1 is 1.15 bits per heavy atom. The van der Waals surface area contributed by atoms with E-state index in [1.54, 1.807) is 22.7 Å². The molecule has 2 aliphatic heterocycles. The third-order valence-corrected chi connectivity index (χ3v) is 8.33. The highest BCUT2D eigenvalue weighted by molar-refractivity contribution is 7.22. The molecule has 0 aliphatic carbocycles. The van der Waals surface area contributed by atoms with E-state index in [0.717, 1.165) is 63.2 Å². The second-order valence-electron chi connectivity index (χ2n) is 8.23. The average Bonchev–Trinajstić information content (AvgIpc) is 3.53. The van der Waals surface area contributed by atoms with Crippen LogP contribution in [0.3, 0.4) is 0 Å². The minimum Gasteiger partial charge on any atom is -0.454 e. The van der Waals surface area contributed by atoms with Gasteiger partial charge < -0.3 is 14.8 Å². The predicted octanol–water partition coefficient (Wildman–Crippen LogP) is 5.73. The topological polar surface area (TPSA) is 63.7 Å². The largest absolute Gasteiger partial charge is 0.454 e. The molecule has 6 rings (SSSR count). The van der Waals surface area contributed by atoms with Crippen molar-refractivity contribution in [2.24, 2.45) is 0 Å². The van der Waals surface area contributed by atoms with Gasteiger partial charge in [0.2, 0.25) is 12.7 Å². The van der Waals surface area contributed by atoms with Gasteiger partial charge >= 0.3 is 0 Å². The molecule has 0 spiro atoms. The van der Waals surface area contributed by atoms with Crippen molar-refractivity contribution in [3.63, 3.8) is 0 Å². The number of thiophene rings is 1. The Bertz CT molecular complexity index is 1330. The predicted molar refractivity (Wildman–Crippen MR) is 140 cm³/mol. The second kappa shape index (κ2) is 9.54. The van der Waals surface area contributed by atoms with Crippen LogP contribution < -0.4 is 14.8 Å². The Hall–Kier alpha value is -2.65. The minimum atomic E-state index is -0.0397. The number of aromatic nitrogens is 1. The van der Waals surface area contributed by atoms with Gasteiger partial charge in [0, 0.05) is 23.5 Å². The van der Waals surface area contributed by atoms with E-state index >= 15 is 0 Å². The molecule has 4 aromatic rings. The van der Waals surface area contributed by atoms with Crippen LogP contribution in [0.5, 0.6) is 11.5 Å². The number of para-hydroxylation sites is 1. The van der Waals surface area contributed by atoms with Crippen LogP contribution in [-0.4, -0.2) is 35.7 Å². The number of amides is 1. The third kappa shape index (κ3) is 4.27. The van der Waals surface area contributed by atoms with Gasteiger partial charge in [-0.25, -0.2) is 4.98 Å². The summed E-state index contributed by atoms with van der Waals surface area (Å²) >= 11 is 3.39. The number of likely N-dealkylation sites (N-methyl/N-ethyl adjacent to an activating group) is 1. The maximum absolute atomic E-state index is 13.1. The zero-order chi connectivity index (χ0) is 22.4. The van der Waals surface area contributed by atoms with Crippen molar-refractivity contribution in [2.45, 2.75) is 26.3 Å². The molecule has 1 amide bonds. The van der Waals surface area contributed by atoms with E-state index in [1.807, 2.05) is 36.4 Å². The van der Waals surface area contributed by atoms with E-state index in [-0.39, 0.29) is 31.5 Å². The van der Waals surface area contributed by atoms with Crippen molar-refractivity contribution >= 4 is 56.2 Å². The maximum atomic E-state index is 13.1. The number of hydrogen-bond donors (Lipinski definition) is 1. The summed E-state index contributed by atoms with van der Waals surface area (Å²) in [6.45, 7) is 5.40. The van der Waals surface area contributed by atoms with E-state index in [0.29, 0.717) is 5.75 Å². The lowest BCUT2D eigenvalue weighted by Gasteiger charge is -2.25. The Kier molecular flexibility index (Phi) is 6.48. The molecular formula is C25H24ClN3O3S2. The molecule has 2 aromatic heterocycles. The monoisotopic (exact) mass is 513 g/mol. The lowest BCUT2D eigenvalue weighted by Crippen LogP contribution is -2.29. The molecule has 0 saturated carbocycles. The number of ether oxygens (including phenoxy) is 2. The molecule has 1 N–H and O–H groups in total. The molecule has 4 heterocycles. The number of rotatable bonds is 5. The number of nitrogens with zero attached hydrogens (tertiary/aromatic N) is 2. The Morgan fingerprint density at radius 2 is 2.00 bits per heavy atom. The molecule has 0 radical (unpaired) electrons. The van der Waals surface area contributed by atoms with Crippen molar-refractivity contribution in [1.82, 2.24) is 9.88 Å². The molecule has 0 atom stereocenters. The van der Waals surface area contributed by atoms with Gasteiger partial charge in [-0.05, 0) is 48.4 Å². The van der Waals surface area contributed by atoms with Gasteiger partial charge in [-0.3, -0.25) is 9.69 Å². The van der Waals surface area contributed by atoms with Gasteiger partial charge in [0.15, 0.2) is 11.5 Å². The Morgan fingerprint density at radius 3 is 2.85 bits per heavy atom. The van der Waals surface area contributed by atoms with Crippen molar-refractivity contribution < 1.29 is 14.3 Å². The summed E-state index contributed by atoms with van der Waals surface area (Å²) in [5.74, 6) is 1.38. The number of carbonyl (C=O) groups excluding carboxylic acids is 1. The van der Waals surface area contributed by atoms with Crippen LogP contribution in [-0.2, 0) is 24.2 Å². The SMILES string of the molecule is CCN1CCc2c(sc(NC(=O)Cc3ccc4c(c3)OCO4)c2-c2nc3ccccc3s2)C1.Cl. The smallest absolute Gasteiger partial charge is 0.231 e. The maximum Gasteiger partial charge on any atom is 0.231 e.